The summed E-state index contributed by atoms with van der Waals surface area (Å²) in [4.78, 5) is 43.8. The first kappa shape index (κ1) is 34.1. The molecule has 0 saturated carbocycles. The minimum atomic E-state index is -5.05. The zero-order valence-corrected chi connectivity index (χ0v) is 24.3. The average molecular weight is 631 g/mol. The van der Waals surface area contributed by atoms with Crippen LogP contribution in [-0.2, 0) is 28.5 Å². The van der Waals surface area contributed by atoms with Gasteiger partial charge >= 0.3 is 18.4 Å². The molecule has 0 radical (unpaired) electrons. The summed E-state index contributed by atoms with van der Waals surface area (Å²) in [5, 5.41) is 18.8. The molecule has 1 aromatic carbocycles. The van der Waals surface area contributed by atoms with Gasteiger partial charge in [0.15, 0.2) is 0 Å². The van der Waals surface area contributed by atoms with E-state index in [0.29, 0.717) is 25.0 Å². The maximum absolute atomic E-state index is 13.4. The number of alkyl halides is 6. The molecular formula is C28H32F6N6O4. The predicted octanol–water partition coefficient (Wildman–Crippen LogP) is 6.47. The number of rotatable bonds is 11. The molecule has 2 atom stereocenters. The van der Waals surface area contributed by atoms with E-state index < -0.39 is 64.3 Å². The number of hydrogen-bond donors (Lipinski definition) is 3. The van der Waals surface area contributed by atoms with Crippen LogP contribution in [0.5, 0.6) is 0 Å². The third-order valence-corrected chi connectivity index (χ3v) is 6.90. The highest BCUT2D eigenvalue weighted by atomic mass is 19.4. The van der Waals surface area contributed by atoms with E-state index in [1.54, 1.807) is 20.8 Å². The molecule has 3 N–H and O–H groups in total. The van der Waals surface area contributed by atoms with Gasteiger partial charge in [-0.2, -0.15) is 31.4 Å². The van der Waals surface area contributed by atoms with Gasteiger partial charge in [0.2, 0.25) is 5.78 Å². The van der Waals surface area contributed by atoms with Crippen molar-refractivity contribution in [1.82, 2.24) is 24.6 Å². The SMILES string of the molecule is CCCC[C@@H](C(=O)C(=O)Nc1ccn[nH]1)N(C(=O)O)C(Cn1cnc(-c2cc(C(F)(F)F)cc(C(F)(F)F)c2)c1)C(C)(C)C. The number of anilines is 1. The Bertz CT molecular complexity index is 1430. The van der Waals surface area contributed by atoms with E-state index in [-0.39, 0.29) is 30.5 Å². The lowest BCUT2D eigenvalue weighted by molar-refractivity contribution is -0.143. The molecule has 0 aliphatic rings. The number of amides is 2. The molecule has 3 rings (SSSR count). The summed E-state index contributed by atoms with van der Waals surface area (Å²) < 4.78 is 81.7. The van der Waals surface area contributed by atoms with Crippen LogP contribution in [-0.4, -0.2) is 59.6 Å². The molecule has 240 valence electrons. The first-order chi connectivity index (χ1) is 20.3. The number of H-pyrrole nitrogens is 1. The molecule has 0 saturated heterocycles. The van der Waals surface area contributed by atoms with Crippen molar-refractivity contribution in [3.8, 4) is 11.3 Å². The highest BCUT2D eigenvalue weighted by Crippen LogP contribution is 2.38. The predicted molar refractivity (Wildman–Crippen MR) is 146 cm³/mol. The molecule has 3 aromatic rings. The second kappa shape index (κ2) is 13.1. The number of hydrogen-bond acceptors (Lipinski definition) is 5. The number of carboxylic acid groups (broad SMARTS) is 1. The summed E-state index contributed by atoms with van der Waals surface area (Å²) in [6.45, 7) is 6.72. The first-order valence-electron chi connectivity index (χ1n) is 13.5. The standard InChI is InChI=1S/C28H32F6N6O4/c1-5-6-7-20(23(41)24(42)37-22-8-9-36-38-22)40(25(43)44)21(26(2,3)4)14-39-13-19(35-15-39)16-10-17(27(29,30)31)12-18(11-16)28(32,33)34/h8-13,15,20-21H,5-7,14H2,1-4H3,(H,43,44)(H2,36,37,38,42)/t20-,21?/m0/s1. The topological polar surface area (TPSA) is 133 Å². The van der Waals surface area contributed by atoms with Crippen molar-refractivity contribution in [2.45, 2.75) is 77.9 Å². The van der Waals surface area contributed by atoms with E-state index in [1.807, 2.05) is 6.92 Å². The molecule has 0 bridgehead atoms. The molecule has 0 fully saturated rings. The van der Waals surface area contributed by atoms with Crippen LogP contribution in [0.2, 0.25) is 0 Å². The van der Waals surface area contributed by atoms with Crippen molar-refractivity contribution in [2.75, 3.05) is 5.32 Å². The number of nitrogens with one attached hydrogen (secondary N) is 2. The Morgan fingerprint density at radius 1 is 1.05 bits per heavy atom. The van der Waals surface area contributed by atoms with Crippen LogP contribution in [0.3, 0.4) is 0 Å². The summed E-state index contributed by atoms with van der Waals surface area (Å²) in [7, 11) is 0. The third kappa shape index (κ3) is 8.38. The molecule has 10 nitrogen and oxygen atoms in total. The monoisotopic (exact) mass is 630 g/mol. The summed E-state index contributed by atoms with van der Waals surface area (Å²) in [5.41, 5.74) is -4.54. The summed E-state index contributed by atoms with van der Waals surface area (Å²) >= 11 is 0. The van der Waals surface area contributed by atoms with Gasteiger partial charge in [-0.3, -0.25) is 19.6 Å². The van der Waals surface area contributed by atoms with Crippen molar-refractivity contribution in [3.05, 3.63) is 54.1 Å². The van der Waals surface area contributed by atoms with Gasteiger partial charge in [-0.25, -0.2) is 9.78 Å². The quantitative estimate of drug-likeness (QED) is 0.164. The van der Waals surface area contributed by atoms with Crippen LogP contribution in [0.4, 0.5) is 37.0 Å². The Morgan fingerprint density at radius 2 is 1.66 bits per heavy atom. The Hall–Kier alpha value is -4.37. The molecule has 2 amide bonds. The second-order valence-corrected chi connectivity index (χ2v) is 11.3. The number of imidazole rings is 1. The van der Waals surface area contributed by atoms with Crippen LogP contribution in [0, 0.1) is 5.41 Å². The van der Waals surface area contributed by atoms with Gasteiger partial charge in [-0.15, -0.1) is 0 Å². The number of aromatic amines is 1. The van der Waals surface area contributed by atoms with Gasteiger partial charge in [-0.05, 0) is 30.0 Å². The first-order valence-corrected chi connectivity index (χ1v) is 13.5. The number of carbonyl (C=O) groups is 3. The highest BCUT2D eigenvalue weighted by Gasteiger charge is 2.43. The fourth-order valence-electron chi connectivity index (χ4n) is 4.63. The highest BCUT2D eigenvalue weighted by molar-refractivity contribution is 6.42. The maximum atomic E-state index is 13.4. The number of Topliss-reactive ketones (excluding diaryl/α,β-unsaturated/α-hetero) is 1. The Kier molecular flexibility index (Phi) is 10.2. The molecule has 0 aliphatic carbocycles. The van der Waals surface area contributed by atoms with E-state index in [4.69, 9.17) is 0 Å². The second-order valence-electron chi connectivity index (χ2n) is 11.3. The maximum Gasteiger partial charge on any atom is 0.416 e. The van der Waals surface area contributed by atoms with Crippen LogP contribution in [0.25, 0.3) is 11.3 Å². The number of carbonyl (C=O) groups excluding carboxylic acids is 2. The number of benzene rings is 1. The smallest absolute Gasteiger partial charge is 0.416 e. The lowest BCUT2D eigenvalue weighted by atomic mass is 9.84. The van der Waals surface area contributed by atoms with E-state index in [1.165, 1.54) is 23.0 Å². The van der Waals surface area contributed by atoms with Crippen molar-refractivity contribution in [1.29, 1.82) is 0 Å². The van der Waals surface area contributed by atoms with E-state index in [2.05, 4.69) is 20.5 Å². The molecule has 2 heterocycles. The van der Waals surface area contributed by atoms with Gasteiger partial charge < -0.3 is 15.0 Å². The Morgan fingerprint density at radius 3 is 2.14 bits per heavy atom. The number of unbranched alkanes of at least 4 members (excludes halogenated alkanes) is 1. The average Bonchev–Trinajstić information content (AvgIpc) is 3.60. The Balaban J connectivity index is 2.01. The number of aromatic nitrogens is 4. The number of halogens is 6. The summed E-state index contributed by atoms with van der Waals surface area (Å²) in [5.74, 6) is -1.95. The number of ketones is 1. The van der Waals surface area contributed by atoms with E-state index in [0.717, 1.165) is 11.2 Å². The van der Waals surface area contributed by atoms with Crippen LogP contribution < -0.4 is 5.32 Å². The van der Waals surface area contributed by atoms with Crippen LogP contribution in [0.15, 0.2) is 43.0 Å². The molecule has 0 spiro atoms. The molecule has 1 unspecified atom stereocenters. The largest absolute Gasteiger partial charge is 0.465 e. The van der Waals surface area contributed by atoms with Gasteiger partial charge in [0.25, 0.3) is 5.91 Å². The normalized spacial score (nSPS) is 13.8. The van der Waals surface area contributed by atoms with Crippen molar-refractivity contribution >= 4 is 23.6 Å². The lowest BCUT2D eigenvalue weighted by Gasteiger charge is -2.42. The van der Waals surface area contributed by atoms with Gasteiger partial charge in [0.1, 0.15) is 11.9 Å². The van der Waals surface area contributed by atoms with Gasteiger partial charge in [-0.1, -0.05) is 40.5 Å². The fourth-order valence-corrected chi connectivity index (χ4v) is 4.63. The van der Waals surface area contributed by atoms with E-state index >= 15 is 0 Å². The van der Waals surface area contributed by atoms with Crippen LogP contribution in [0.1, 0.15) is 58.1 Å². The lowest BCUT2D eigenvalue weighted by Crippen LogP contribution is -2.57. The fraction of sp³-hybridized carbons (Fsp3) is 0.464. The zero-order valence-electron chi connectivity index (χ0n) is 24.3. The molecule has 44 heavy (non-hydrogen) atoms. The number of nitrogens with zero attached hydrogens (tertiary/aromatic N) is 4. The van der Waals surface area contributed by atoms with Gasteiger partial charge in [0.05, 0.1) is 35.4 Å². The molecule has 2 aromatic heterocycles. The van der Waals surface area contributed by atoms with Crippen LogP contribution >= 0.6 is 0 Å². The minimum absolute atomic E-state index is 0.0107. The Labute approximate surface area is 248 Å². The minimum Gasteiger partial charge on any atom is -0.465 e. The zero-order chi connectivity index (χ0) is 33.0. The van der Waals surface area contributed by atoms with Gasteiger partial charge in [0, 0.05) is 24.4 Å². The summed E-state index contributed by atoms with van der Waals surface area (Å²) in [6, 6.07) is 0.101. The van der Waals surface area contributed by atoms with Crippen molar-refractivity contribution in [2.24, 2.45) is 5.41 Å². The van der Waals surface area contributed by atoms with E-state index in [9.17, 15) is 45.8 Å². The van der Waals surface area contributed by atoms with Crippen molar-refractivity contribution < 1.29 is 45.8 Å². The molecule has 0 aliphatic heterocycles. The summed E-state index contributed by atoms with van der Waals surface area (Å²) in [6.07, 6.45) is -6.91. The van der Waals surface area contributed by atoms with Crippen molar-refractivity contribution in [3.63, 3.8) is 0 Å². The third-order valence-electron chi connectivity index (χ3n) is 6.90. The molecule has 16 heteroatoms. The molecular weight excluding hydrogens is 598 g/mol.